The maximum atomic E-state index is 14.6. The molecule has 0 bridgehead atoms. The molecule has 17 N–H and O–H groups in total. The predicted molar refractivity (Wildman–Crippen MR) is 270 cm³/mol. The van der Waals surface area contributed by atoms with Crippen LogP contribution in [-0.2, 0) is 56.0 Å². The third-order valence-electron chi connectivity index (χ3n) is 12.2. The maximum absolute atomic E-state index is 14.6. The second kappa shape index (κ2) is 28.7. The number of aromatic nitrogens is 1. The van der Waals surface area contributed by atoms with E-state index in [0.29, 0.717) is 12.0 Å². The summed E-state index contributed by atoms with van der Waals surface area (Å²) < 4.78 is 0. The van der Waals surface area contributed by atoms with Gasteiger partial charge in [-0.2, -0.15) is 0 Å². The molecule has 4 rings (SSSR count). The molecule has 1 fully saturated rings. The first-order chi connectivity index (χ1) is 34.3. The number of aliphatic imine (C=N–C) groups is 2. The molecule has 1 aliphatic rings. The van der Waals surface area contributed by atoms with Crippen molar-refractivity contribution in [1.82, 2.24) is 36.9 Å². The van der Waals surface area contributed by atoms with Crippen molar-refractivity contribution < 1.29 is 43.2 Å². The van der Waals surface area contributed by atoms with Crippen LogP contribution in [0.2, 0.25) is 0 Å². The van der Waals surface area contributed by atoms with E-state index >= 15 is 0 Å². The van der Waals surface area contributed by atoms with Gasteiger partial charge in [0.05, 0.1) is 12.5 Å². The van der Waals surface area contributed by atoms with E-state index in [1.807, 2.05) is 24.3 Å². The number of carbonyl (C=O) groups is 9. The highest BCUT2D eigenvalue weighted by molar-refractivity contribution is 5.99. The van der Waals surface area contributed by atoms with Gasteiger partial charge in [-0.1, -0.05) is 48.5 Å². The predicted octanol–water partition coefficient (Wildman–Crippen LogP) is -1.15. The van der Waals surface area contributed by atoms with Gasteiger partial charge < -0.3 is 65.6 Å². The number of para-hydroxylation sites is 1. The first kappa shape index (κ1) is 56.7. The van der Waals surface area contributed by atoms with Crippen molar-refractivity contribution in [2.24, 2.45) is 50.5 Å². The average molecular weight is 999 g/mol. The van der Waals surface area contributed by atoms with E-state index in [2.05, 4.69) is 46.9 Å². The Morgan fingerprint density at radius 3 is 2.08 bits per heavy atom. The van der Waals surface area contributed by atoms with Crippen molar-refractivity contribution in [3.8, 4) is 0 Å². The standard InChI is InChI=1S/C49H70N14O9/c1-28-44(69)62-38(22-30-12-4-3-5-13-30)41(66)24-31(14-10-20-56-48(51)52)40(65)25-32(23-33-27-58-35-16-7-6-15-34(33)35)45(70)61-36(43(50)68)17-8-9-19-55-42(67)26-39(47(72)59-28)63-46(71)37(60-29(2)64)18-11-21-57-49(53)54/h3-7,12-13,15-16,27-28,31-32,36-39,58H,8-11,14,17-26H2,1-2H3,(H2,50,68)(H,55,67)(H,59,72)(H,60,64)(H,61,70)(H,62,69)(H,63,71)(H4,51,52,56)(H4,53,54,57)/t28-,31-,32-,36+,37+,38-,39+/m1/s1. The van der Waals surface area contributed by atoms with Crippen molar-refractivity contribution in [2.75, 3.05) is 19.6 Å². The molecule has 390 valence electrons. The van der Waals surface area contributed by atoms with E-state index in [0.717, 1.165) is 16.5 Å². The Bertz CT molecular complexity index is 2430. The Labute approximate surface area is 417 Å². The summed E-state index contributed by atoms with van der Waals surface area (Å²) in [6, 6.07) is 9.80. The molecule has 0 radical (unpaired) electrons. The lowest BCUT2D eigenvalue weighted by Crippen LogP contribution is -2.58. The number of hydrogen-bond donors (Lipinski definition) is 12. The number of fused-ring (bicyclic) bond motifs is 1. The zero-order chi connectivity index (χ0) is 52.7. The molecule has 2 heterocycles. The molecule has 7 amide bonds. The monoisotopic (exact) mass is 999 g/mol. The summed E-state index contributed by atoms with van der Waals surface area (Å²) >= 11 is 0. The molecule has 7 atom stereocenters. The highest BCUT2D eigenvalue weighted by Gasteiger charge is 2.35. The lowest BCUT2D eigenvalue weighted by molar-refractivity contribution is -0.136. The fourth-order valence-corrected chi connectivity index (χ4v) is 8.35. The number of guanidine groups is 2. The summed E-state index contributed by atoms with van der Waals surface area (Å²) in [5.41, 5.74) is 30.0. The molecule has 23 nitrogen and oxygen atoms in total. The molecule has 3 aromatic rings. The zero-order valence-electron chi connectivity index (χ0n) is 40.9. The first-order valence-corrected chi connectivity index (χ1v) is 24.1. The van der Waals surface area contributed by atoms with Gasteiger partial charge in [-0.3, -0.25) is 53.1 Å². The average Bonchev–Trinajstić information content (AvgIpc) is 3.74. The third kappa shape index (κ3) is 19.2. The number of rotatable bonds is 16. The Morgan fingerprint density at radius 2 is 1.40 bits per heavy atom. The van der Waals surface area contributed by atoms with Gasteiger partial charge in [0.1, 0.15) is 30.0 Å². The van der Waals surface area contributed by atoms with Gasteiger partial charge in [0.15, 0.2) is 17.7 Å². The second-order valence-electron chi connectivity index (χ2n) is 18.0. The van der Waals surface area contributed by atoms with Crippen molar-refractivity contribution >= 4 is 75.7 Å². The number of hydrogen-bond acceptors (Lipinski definition) is 11. The summed E-state index contributed by atoms with van der Waals surface area (Å²) in [5.74, 6) is -8.47. The van der Waals surface area contributed by atoms with Crippen LogP contribution in [0.5, 0.6) is 0 Å². The van der Waals surface area contributed by atoms with Crippen molar-refractivity contribution in [3.63, 3.8) is 0 Å². The number of carbonyl (C=O) groups excluding carboxylic acids is 9. The largest absolute Gasteiger partial charge is 0.370 e. The summed E-state index contributed by atoms with van der Waals surface area (Å²) in [4.78, 5) is 135. The highest BCUT2D eigenvalue weighted by Crippen LogP contribution is 2.26. The van der Waals surface area contributed by atoms with E-state index < -0.39 is 101 Å². The zero-order valence-corrected chi connectivity index (χ0v) is 40.9. The van der Waals surface area contributed by atoms with Crippen LogP contribution in [-0.4, -0.2) is 120 Å². The molecular weight excluding hydrogens is 929 g/mol. The molecule has 0 spiro atoms. The van der Waals surface area contributed by atoms with E-state index in [1.54, 1.807) is 36.5 Å². The lowest BCUT2D eigenvalue weighted by atomic mass is 9.83. The van der Waals surface area contributed by atoms with Crippen LogP contribution in [0.1, 0.15) is 89.2 Å². The molecule has 0 unspecified atom stereocenters. The van der Waals surface area contributed by atoms with Crippen LogP contribution in [0.3, 0.4) is 0 Å². The van der Waals surface area contributed by atoms with Gasteiger partial charge >= 0.3 is 0 Å². The molecule has 72 heavy (non-hydrogen) atoms. The number of primary amides is 1. The van der Waals surface area contributed by atoms with Crippen LogP contribution in [0.4, 0.5) is 0 Å². The van der Waals surface area contributed by atoms with Gasteiger partial charge in [0, 0.05) is 68.3 Å². The van der Waals surface area contributed by atoms with E-state index in [9.17, 15) is 43.2 Å². The number of benzene rings is 2. The fraction of sp³-hybridized carbons (Fsp3) is 0.490. The number of ketones is 2. The summed E-state index contributed by atoms with van der Waals surface area (Å²) in [7, 11) is 0. The Kier molecular flexibility index (Phi) is 22.6. The van der Waals surface area contributed by atoms with Gasteiger partial charge in [-0.25, -0.2) is 0 Å². The molecule has 23 heteroatoms. The number of nitrogens with zero attached hydrogens (tertiary/aromatic N) is 2. The normalized spacial score (nSPS) is 21.7. The van der Waals surface area contributed by atoms with Crippen molar-refractivity contribution in [1.29, 1.82) is 0 Å². The molecule has 0 saturated carbocycles. The van der Waals surface area contributed by atoms with Gasteiger partial charge in [0.25, 0.3) is 0 Å². The third-order valence-corrected chi connectivity index (χ3v) is 12.2. The summed E-state index contributed by atoms with van der Waals surface area (Å²) in [6.45, 7) is 2.88. The van der Waals surface area contributed by atoms with Gasteiger partial charge in [-0.15, -0.1) is 0 Å². The summed E-state index contributed by atoms with van der Waals surface area (Å²) in [6.07, 6.45) is 1.91. The Hall–Kier alpha value is -7.85. The van der Waals surface area contributed by atoms with Crippen LogP contribution in [0.15, 0.2) is 70.8 Å². The molecule has 2 aromatic carbocycles. The summed E-state index contributed by atoms with van der Waals surface area (Å²) in [5, 5.41) is 16.6. The highest BCUT2D eigenvalue weighted by atomic mass is 16.2. The first-order valence-electron chi connectivity index (χ1n) is 24.1. The van der Waals surface area contributed by atoms with Gasteiger partial charge in [0.2, 0.25) is 41.4 Å². The number of aromatic amines is 1. The molecule has 1 aliphatic heterocycles. The van der Waals surface area contributed by atoms with Crippen LogP contribution >= 0.6 is 0 Å². The minimum absolute atomic E-state index is 0.00628. The fourth-order valence-electron chi connectivity index (χ4n) is 8.35. The Morgan fingerprint density at radius 1 is 0.736 bits per heavy atom. The van der Waals surface area contributed by atoms with Gasteiger partial charge in [-0.05, 0) is 81.9 Å². The van der Waals surface area contributed by atoms with Crippen LogP contribution < -0.4 is 60.6 Å². The van der Waals surface area contributed by atoms with E-state index in [-0.39, 0.29) is 95.8 Å². The smallest absolute Gasteiger partial charge is 0.243 e. The van der Waals surface area contributed by atoms with E-state index in [4.69, 9.17) is 28.7 Å². The quantitative estimate of drug-likeness (QED) is 0.0459. The SMILES string of the molecule is CC(=O)N[C@@H](CCCN=C(N)N)C(=O)N[C@H]1CC(=O)NCCCC[C@@H](C(N)=O)NC(=O)[C@H](Cc2c[nH]c3ccccc23)CC(=O)[C@H](CCCN=C(N)N)CC(=O)[C@@H](Cc2ccccc2)NC(=O)[C@@H](C)NC1=O. The van der Waals surface area contributed by atoms with Crippen molar-refractivity contribution in [2.45, 2.75) is 121 Å². The number of Topliss-reactive ketones (excluding diaryl/α,β-unsaturated/α-hetero) is 2. The molecule has 1 aromatic heterocycles. The number of nitrogens with one attached hydrogen (secondary N) is 7. The minimum Gasteiger partial charge on any atom is -0.370 e. The lowest BCUT2D eigenvalue weighted by Gasteiger charge is -2.26. The molecule has 0 aliphatic carbocycles. The Balaban J connectivity index is 1.71. The number of H-pyrrole nitrogens is 1. The minimum atomic E-state index is -1.57. The second-order valence-corrected chi connectivity index (χ2v) is 18.0. The molecule has 1 saturated heterocycles. The topological polar surface area (TPSA) is 396 Å². The number of amides is 7. The van der Waals surface area contributed by atoms with Crippen LogP contribution in [0.25, 0.3) is 10.9 Å². The van der Waals surface area contributed by atoms with Crippen LogP contribution in [0, 0.1) is 11.8 Å². The maximum Gasteiger partial charge on any atom is 0.243 e. The molecular formula is C49H70N14O9. The van der Waals surface area contributed by atoms with E-state index in [1.165, 1.54) is 13.8 Å². The number of nitrogens with two attached hydrogens (primary N) is 5. The van der Waals surface area contributed by atoms with Crippen molar-refractivity contribution in [3.05, 3.63) is 71.9 Å².